The molecule has 0 atom stereocenters. The third-order valence-corrected chi connectivity index (χ3v) is 5.28. The van der Waals surface area contributed by atoms with Crippen LogP contribution in [0.25, 0.3) is 0 Å². The van der Waals surface area contributed by atoms with Gasteiger partial charge in [-0.3, -0.25) is 4.79 Å². The second-order valence-electron chi connectivity index (χ2n) is 5.65. The highest BCUT2D eigenvalue weighted by Crippen LogP contribution is 2.21. The summed E-state index contributed by atoms with van der Waals surface area (Å²) in [6.45, 7) is 6.98. The number of carbonyl (C=O) groups is 1. The highest BCUT2D eigenvalue weighted by atomic mass is 32.2. The molecule has 0 aliphatic rings. The van der Waals surface area contributed by atoms with E-state index in [1.165, 1.54) is 18.2 Å². The summed E-state index contributed by atoms with van der Waals surface area (Å²) >= 11 is 0. The maximum Gasteiger partial charge on any atom is 0.262 e. The molecule has 2 aromatic rings. The second-order valence-corrected chi connectivity index (χ2v) is 7.68. The SMILES string of the molecule is C=CCS(=O)(=O)c1ccc(C)c(NC(=O)COc2ccccc2C)c1. The van der Waals surface area contributed by atoms with Crippen LogP contribution in [0, 0.1) is 13.8 Å². The van der Waals surface area contributed by atoms with Gasteiger partial charge >= 0.3 is 0 Å². The van der Waals surface area contributed by atoms with Crippen LogP contribution in [0.1, 0.15) is 11.1 Å². The number of anilines is 1. The molecule has 132 valence electrons. The summed E-state index contributed by atoms with van der Waals surface area (Å²) < 4.78 is 29.7. The zero-order chi connectivity index (χ0) is 18.4. The fraction of sp³-hybridized carbons (Fsp3) is 0.211. The summed E-state index contributed by atoms with van der Waals surface area (Å²) in [6.07, 6.45) is 1.34. The van der Waals surface area contributed by atoms with Gasteiger partial charge in [0.05, 0.1) is 10.6 Å². The van der Waals surface area contributed by atoms with Crippen LogP contribution in [-0.2, 0) is 14.6 Å². The van der Waals surface area contributed by atoms with Crippen LogP contribution in [0.15, 0.2) is 60.0 Å². The largest absolute Gasteiger partial charge is 0.483 e. The van der Waals surface area contributed by atoms with E-state index in [1.54, 1.807) is 19.1 Å². The molecule has 1 N–H and O–H groups in total. The van der Waals surface area contributed by atoms with E-state index in [1.807, 2.05) is 25.1 Å². The van der Waals surface area contributed by atoms with Crippen LogP contribution in [0.2, 0.25) is 0 Å². The van der Waals surface area contributed by atoms with Crippen molar-refractivity contribution >= 4 is 21.4 Å². The van der Waals surface area contributed by atoms with Gasteiger partial charge in [0.1, 0.15) is 5.75 Å². The molecule has 0 aliphatic heterocycles. The first-order valence-corrected chi connectivity index (χ1v) is 9.41. The molecule has 1 amide bonds. The first-order valence-electron chi connectivity index (χ1n) is 7.76. The van der Waals surface area contributed by atoms with E-state index in [0.29, 0.717) is 11.4 Å². The van der Waals surface area contributed by atoms with Crippen LogP contribution in [0.3, 0.4) is 0 Å². The second kappa shape index (κ2) is 7.98. The Balaban J connectivity index is 2.10. The van der Waals surface area contributed by atoms with E-state index in [0.717, 1.165) is 11.1 Å². The van der Waals surface area contributed by atoms with E-state index in [2.05, 4.69) is 11.9 Å². The minimum absolute atomic E-state index is 0.146. The molecule has 25 heavy (non-hydrogen) atoms. The lowest BCUT2D eigenvalue weighted by Gasteiger charge is -2.12. The molecule has 0 aromatic heterocycles. The Bertz CT molecular complexity index is 888. The molecule has 5 nitrogen and oxygen atoms in total. The van der Waals surface area contributed by atoms with Crippen molar-refractivity contribution in [2.24, 2.45) is 0 Å². The Labute approximate surface area is 148 Å². The number of hydrogen-bond acceptors (Lipinski definition) is 4. The molecule has 6 heteroatoms. The van der Waals surface area contributed by atoms with E-state index in [4.69, 9.17) is 4.74 Å². The number of rotatable bonds is 7. The van der Waals surface area contributed by atoms with Crippen molar-refractivity contribution in [3.05, 3.63) is 66.2 Å². The first kappa shape index (κ1) is 18.7. The van der Waals surface area contributed by atoms with Crippen LogP contribution in [0.4, 0.5) is 5.69 Å². The molecule has 2 aromatic carbocycles. The first-order chi connectivity index (χ1) is 11.8. The third-order valence-electron chi connectivity index (χ3n) is 3.63. The average molecular weight is 359 g/mol. The smallest absolute Gasteiger partial charge is 0.262 e. The molecule has 0 unspecified atom stereocenters. The van der Waals surface area contributed by atoms with E-state index in [-0.39, 0.29) is 23.2 Å². The molecular weight excluding hydrogens is 338 g/mol. The molecule has 0 radical (unpaired) electrons. The van der Waals surface area contributed by atoms with Crippen molar-refractivity contribution in [3.8, 4) is 5.75 Å². The number of ether oxygens (including phenoxy) is 1. The minimum Gasteiger partial charge on any atom is -0.483 e. The Hall–Kier alpha value is -2.60. The minimum atomic E-state index is -3.45. The van der Waals surface area contributed by atoms with Gasteiger partial charge in [-0.25, -0.2) is 8.42 Å². The van der Waals surface area contributed by atoms with Gasteiger partial charge in [-0.1, -0.05) is 30.3 Å². The van der Waals surface area contributed by atoms with Crippen molar-refractivity contribution in [1.29, 1.82) is 0 Å². The van der Waals surface area contributed by atoms with Crippen LogP contribution >= 0.6 is 0 Å². The summed E-state index contributed by atoms with van der Waals surface area (Å²) in [5, 5.41) is 2.70. The summed E-state index contributed by atoms with van der Waals surface area (Å²) in [4.78, 5) is 12.3. The highest BCUT2D eigenvalue weighted by Gasteiger charge is 2.15. The molecule has 0 heterocycles. The molecule has 0 aliphatic carbocycles. The Morgan fingerprint density at radius 3 is 2.56 bits per heavy atom. The number of aryl methyl sites for hydroxylation is 2. The van der Waals surface area contributed by atoms with Crippen molar-refractivity contribution in [1.82, 2.24) is 0 Å². The van der Waals surface area contributed by atoms with Crippen molar-refractivity contribution < 1.29 is 17.9 Å². The predicted octanol–water partition coefficient (Wildman–Crippen LogP) is 3.28. The van der Waals surface area contributed by atoms with Crippen molar-refractivity contribution in [2.45, 2.75) is 18.7 Å². The fourth-order valence-electron chi connectivity index (χ4n) is 2.23. The molecule has 2 rings (SSSR count). The van der Waals surface area contributed by atoms with Crippen LogP contribution in [0.5, 0.6) is 5.75 Å². The average Bonchev–Trinajstić information content (AvgIpc) is 2.56. The lowest BCUT2D eigenvalue weighted by molar-refractivity contribution is -0.118. The number of hydrogen-bond donors (Lipinski definition) is 1. The van der Waals surface area contributed by atoms with Gasteiger partial charge in [-0.2, -0.15) is 0 Å². The Morgan fingerprint density at radius 1 is 1.16 bits per heavy atom. The predicted molar refractivity (Wildman–Crippen MR) is 98.7 cm³/mol. The Kier molecular flexibility index (Phi) is 5.98. The number of sulfone groups is 1. The topological polar surface area (TPSA) is 72.5 Å². The van der Waals surface area contributed by atoms with Crippen molar-refractivity contribution in [3.63, 3.8) is 0 Å². The maximum atomic E-state index is 12.1. The molecule has 0 bridgehead atoms. The van der Waals surface area contributed by atoms with Gasteiger partial charge in [-0.05, 0) is 43.2 Å². The molecular formula is C19H21NO4S. The van der Waals surface area contributed by atoms with Crippen LogP contribution < -0.4 is 10.1 Å². The lowest BCUT2D eigenvalue weighted by Crippen LogP contribution is -2.21. The summed E-state index contributed by atoms with van der Waals surface area (Å²) in [7, 11) is -3.45. The van der Waals surface area contributed by atoms with Gasteiger partial charge in [-0.15, -0.1) is 6.58 Å². The molecule has 0 saturated heterocycles. The van der Waals surface area contributed by atoms with E-state index in [9.17, 15) is 13.2 Å². The van der Waals surface area contributed by atoms with Gasteiger partial charge in [0, 0.05) is 5.69 Å². The number of para-hydroxylation sites is 1. The van der Waals surface area contributed by atoms with Gasteiger partial charge < -0.3 is 10.1 Å². The normalized spacial score (nSPS) is 11.0. The number of carbonyl (C=O) groups excluding carboxylic acids is 1. The van der Waals surface area contributed by atoms with E-state index >= 15 is 0 Å². The quantitative estimate of drug-likeness (QED) is 0.770. The summed E-state index contributed by atoms with van der Waals surface area (Å²) in [5.41, 5.74) is 2.15. The third kappa shape index (κ3) is 4.93. The van der Waals surface area contributed by atoms with Gasteiger partial charge in [0.15, 0.2) is 16.4 Å². The zero-order valence-corrected chi connectivity index (χ0v) is 15.1. The zero-order valence-electron chi connectivity index (χ0n) is 14.3. The molecule has 0 spiro atoms. The van der Waals surface area contributed by atoms with E-state index < -0.39 is 9.84 Å². The number of benzene rings is 2. The standard InChI is InChI=1S/C19H21NO4S/c1-4-11-25(22,23)16-10-9-14(2)17(12-16)20-19(21)13-24-18-8-6-5-7-15(18)3/h4-10,12H,1,11,13H2,2-3H3,(H,20,21). The number of amides is 1. The molecule has 0 saturated carbocycles. The maximum absolute atomic E-state index is 12.1. The Morgan fingerprint density at radius 2 is 1.88 bits per heavy atom. The highest BCUT2D eigenvalue weighted by molar-refractivity contribution is 7.91. The summed E-state index contributed by atoms with van der Waals surface area (Å²) in [6, 6.07) is 12.0. The lowest BCUT2D eigenvalue weighted by atomic mass is 10.2. The fourth-order valence-corrected chi connectivity index (χ4v) is 3.30. The van der Waals surface area contributed by atoms with Crippen molar-refractivity contribution in [2.75, 3.05) is 17.7 Å². The molecule has 0 fully saturated rings. The monoisotopic (exact) mass is 359 g/mol. The summed E-state index contributed by atoms with van der Waals surface area (Å²) in [5.74, 6) is 0.126. The van der Waals surface area contributed by atoms with Gasteiger partial charge in [0.25, 0.3) is 5.91 Å². The number of nitrogens with one attached hydrogen (secondary N) is 1. The van der Waals surface area contributed by atoms with Gasteiger partial charge in [0.2, 0.25) is 0 Å². The van der Waals surface area contributed by atoms with Crippen LogP contribution in [-0.4, -0.2) is 26.7 Å².